The highest BCUT2D eigenvalue weighted by molar-refractivity contribution is 5.95. The maximum absolute atomic E-state index is 10.9. The van der Waals surface area contributed by atoms with E-state index in [1.807, 2.05) is 45.0 Å². The van der Waals surface area contributed by atoms with Gasteiger partial charge in [0.1, 0.15) is 11.9 Å². The van der Waals surface area contributed by atoms with Crippen molar-refractivity contribution in [3.8, 4) is 0 Å². The zero-order chi connectivity index (χ0) is 13.5. The quantitative estimate of drug-likeness (QED) is 0.664. The Balaban J connectivity index is 0.000000771. The number of hydrogen-bond donors (Lipinski definition) is 1. The molecule has 0 aliphatic carbocycles. The molecule has 0 fully saturated rings. The zero-order valence-corrected chi connectivity index (χ0v) is 10.8. The minimum Gasteiger partial charge on any atom is -0.379 e. The summed E-state index contributed by atoms with van der Waals surface area (Å²) in [7, 11) is 0. The lowest BCUT2D eigenvalue weighted by Crippen LogP contribution is -2.02. The smallest absolute Gasteiger partial charge is 0.311 e. The topological polar surface area (TPSA) is 68.1 Å². The Bertz CT molecular complexity index is 541. The molecule has 0 radical (unpaired) electrons. The predicted octanol–water partition coefficient (Wildman–Crippen LogP) is 3.60. The number of rotatable bonds is 3. The normalized spacial score (nSPS) is 9.50. The molecule has 96 valence electrons. The first-order valence-corrected chi connectivity index (χ1v) is 6.00. The lowest BCUT2D eigenvalue weighted by molar-refractivity contribution is -0.384. The zero-order valence-electron chi connectivity index (χ0n) is 10.8. The van der Waals surface area contributed by atoms with Crippen molar-refractivity contribution in [3.63, 3.8) is 0 Å². The molecule has 0 amide bonds. The molecular formula is C13H17N3O2. The van der Waals surface area contributed by atoms with Gasteiger partial charge in [-0.15, -0.1) is 0 Å². The van der Waals surface area contributed by atoms with E-state index in [-0.39, 0.29) is 5.69 Å². The molecule has 0 unspecified atom stereocenters. The maximum atomic E-state index is 10.9. The van der Waals surface area contributed by atoms with Crippen LogP contribution in [0.15, 0.2) is 30.5 Å². The van der Waals surface area contributed by atoms with E-state index in [0.29, 0.717) is 12.2 Å². The number of fused-ring (bicyclic) bond motifs is 1. The summed E-state index contributed by atoms with van der Waals surface area (Å²) in [4.78, 5) is 14.5. The summed E-state index contributed by atoms with van der Waals surface area (Å²) in [6.07, 6.45) is 1.29. The van der Waals surface area contributed by atoms with Crippen LogP contribution in [-0.4, -0.2) is 16.5 Å². The molecule has 2 rings (SSSR count). The second-order valence-corrected chi connectivity index (χ2v) is 3.32. The van der Waals surface area contributed by atoms with Crippen LogP contribution in [-0.2, 0) is 0 Å². The first kappa shape index (κ1) is 13.9. The molecule has 1 heterocycles. The van der Waals surface area contributed by atoms with Gasteiger partial charge in [-0.1, -0.05) is 32.0 Å². The summed E-state index contributed by atoms with van der Waals surface area (Å²) in [5.41, 5.74) is 1.31. The summed E-state index contributed by atoms with van der Waals surface area (Å²) in [6.45, 7) is 6.54. The molecule has 5 nitrogen and oxygen atoms in total. The van der Waals surface area contributed by atoms with Crippen molar-refractivity contribution in [2.45, 2.75) is 20.8 Å². The van der Waals surface area contributed by atoms with Gasteiger partial charge in [0, 0.05) is 11.9 Å². The third kappa shape index (κ3) is 2.74. The Morgan fingerprint density at radius 3 is 2.61 bits per heavy atom. The van der Waals surface area contributed by atoms with Crippen molar-refractivity contribution in [2.75, 3.05) is 11.9 Å². The number of para-hydroxylation sites is 1. The molecule has 0 spiro atoms. The Morgan fingerprint density at radius 1 is 1.33 bits per heavy atom. The van der Waals surface area contributed by atoms with Crippen LogP contribution in [0.1, 0.15) is 20.8 Å². The standard InChI is InChI=1S/C11H11N3O2.C2H6/c1-2-12-11-8-5-3-4-6-9(8)13-7-10(11)14(15)16;1-2/h3-7H,2H2,1H3,(H,12,13);1-2H3. The highest BCUT2D eigenvalue weighted by Crippen LogP contribution is 2.30. The van der Waals surface area contributed by atoms with Gasteiger partial charge in [-0.05, 0) is 13.0 Å². The monoisotopic (exact) mass is 247 g/mol. The number of hydrogen-bond acceptors (Lipinski definition) is 4. The van der Waals surface area contributed by atoms with Crippen LogP contribution in [0.25, 0.3) is 10.9 Å². The second-order valence-electron chi connectivity index (χ2n) is 3.32. The van der Waals surface area contributed by atoms with E-state index in [9.17, 15) is 10.1 Å². The molecule has 0 aliphatic heterocycles. The van der Waals surface area contributed by atoms with Gasteiger partial charge in [-0.2, -0.15) is 0 Å². The third-order valence-corrected chi connectivity index (χ3v) is 2.31. The lowest BCUT2D eigenvalue weighted by Gasteiger charge is -2.07. The van der Waals surface area contributed by atoms with Gasteiger partial charge in [0.25, 0.3) is 0 Å². The Hall–Kier alpha value is -2.17. The maximum Gasteiger partial charge on any atom is 0.311 e. The molecule has 18 heavy (non-hydrogen) atoms. The number of aromatic nitrogens is 1. The van der Waals surface area contributed by atoms with E-state index in [4.69, 9.17) is 0 Å². The highest BCUT2D eigenvalue weighted by Gasteiger charge is 2.16. The predicted molar refractivity (Wildman–Crippen MR) is 73.9 cm³/mol. The van der Waals surface area contributed by atoms with Crippen molar-refractivity contribution < 1.29 is 4.92 Å². The van der Waals surface area contributed by atoms with Crippen LogP contribution in [0, 0.1) is 10.1 Å². The molecule has 0 aliphatic rings. The van der Waals surface area contributed by atoms with Crippen molar-refractivity contribution >= 4 is 22.3 Å². The number of nitrogens with one attached hydrogen (secondary N) is 1. The van der Waals surface area contributed by atoms with Crippen molar-refractivity contribution in [3.05, 3.63) is 40.6 Å². The van der Waals surface area contributed by atoms with E-state index >= 15 is 0 Å². The Kier molecular flexibility index (Phi) is 5.05. The van der Waals surface area contributed by atoms with E-state index in [2.05, 4.69) is 10.3 Å². The molecule has 0 saturated carbocycles. The number of pyridine rings is 1. The fourth-order valence-electron chi connectivity index (χ4n) is 1.63. The Labute approximate surface area is 106 Å². The van der Waals surface area contributed by atoms with Crippen molar-refractivity contribution in [2.24, 2.45) is 0 Å². The lowest BCUT2D eigenvalue weighted by atomic mass is 10.1. The molecule has 1 aromatic heterocycles. The molecule has 1 N–H and O–H groups in total. The Morgan fingerprint density at radius 2 is 2.00 bits per heavy atom. The molecule has 0 saturated heterocycles. The minimum absolute atomic E-state index is 0.0144. The summed E-state index contributed by atoms with van der Waals surface area (Å²) >= 11 is 0. The SMILES string of the molecule is CC.CCNc1c([N+](=O)[O-])cnc2ccccc12. The first-order valence-electron chi connectivity index (χ1n) is 6.00. The summed E-state index contributed by atoms with van der Waals surface area (Å²) in [5, 5.41) is 14.7. The van der Waals surface area contributed by atoms with Gasteiger partial charge in [-0.25, -0.2) is 4.98 Å². The van der Waals surface area contributed by atoms with Gasteiger partial charge in [0.05, 0.1) is 10.4 Å². The minimum atomic E-state index is -0.419. The molecule has 5 heteroatoms. The van der Waals surface area contributed by atoms with Gasteiger partial charge < -0.3 is 5.32 Å². The molecule has 0 bridgehead atoms. The van der Waals surface area contributed by atoms with Crippen LogP contribution in [0.5, 0.6) is 0 Å². The summed E-state index contributed by atoms with van der Waals surface area (Å²) in [6, 6.07) is 7.36. The summed E-state index contributed by atoms with van der Waals surface area (Å²) < 4.78 is 0. The van der Waals surface area contributed by atoms with Crippen LogP contribution >= 0.6 is 0 Å². The van der Waals surface area contributed by atoms with Crippen LogP contribution < -0.4 is 5.32 Å². The molecular weight excluding hydrogens is 230 g/mol. The third-order valence-electron chi connectivity index (χ3n) is 2.31. The first-order chi connectivity index (χ1) is 8.74. The van der Waals surface area contributed by atoms with E-state index in [1.54, 1.807) is 0 Å². The van der Waals surface area contributed by atoms with Crippen molar-refractivity contribution in [1.82, 2.24) is 4.98 Å². The van der Waals surface area contributed by atoms with Gasteiger partial charge in [0.15, 0.2) is 0 Å². The van der Waals surface area contributed by atoms with Gasteiger partial charge in [-0.3, -0.25) is 10.1 Å². The van der Waals surface area contributed by atoms with Gasteiger partial charge >= 0.3 is 5.69 Å². The molecule has 1 aromatic carbocycles. The average molecular weight is 247 g/mol. The van der Waals surface area contributed by atoms with E-state index < -0.39 is 4.92 Å². The largest absolute Gasteiger partial charge is 0.379 e. The number of anilines is 1. The van der Waals surface area contributed by atoms with Crippen LogP contribution in [0.2, 0.25) is 0 Å². The molecule has 0 atom stereocenters. The van der Waals surface area contributed by atoms with E-state index in [1.165, 1.54) is 6.20 Å². The van der Waals surface area contributed by atoms with Crippen LogP contribution in [0.4, 0.5) is 11.4 Å². The average Bonchev–Trinajstić information content (AvgIpc) is 2.41. The fraction of sp³-hybridized carbons (Fsp3) is 0.308. The highest BCUT2D eigenvalue weighted by atomic mass is 16.6. The van der Waals surface area contributed by atoms with Gasteiger partial charge in [0.2, 0.25) is 0 Å². The fourth-order valence-corrected chi connectivity index (χ4v) is 1.63. The number of nitrogens with zero attached hydrogens (tertiary/aromatic N) is 2. The summed E-state index contributed by atoms with van der Waals surface area (Å²) in [5.74, 6) is 0. The second kappa shape index (κ2) is 6.54. The van der Waals surface area contributed by atoms with Crippen molar-refractivity contribution in [1.29, 1.82) is 0 Å². The van der Waals surface area contributed by atoms with E-state index in [0.717, 1.165) is 10.9 Å². The molecule has 2 aromatic rings. The van der Waals surface area contributed by atoms with Crippen LogP contribution in [0.3, 0.4) is 0 Å². The number of nitro groups is 1. The number of benzene rings is 1.